The minimum Gasteiger partial charge on any atom is -0.378 e. The Bertz CT molecular complexity index is 1340. The maximum absolute atomic E-state index is 14.5. The lowest BCUT2D eigenvalue weighted by Gasteiger charge is -2.48. The van der Waals surface area contributed by atoms with Crippen LogP contribution in [0.2, 0.25) is 0 Å². The molecule has 0 radical (unpaired) electrons. The number of nitrogens with one attached hydrogen (secondary N) is 3. The Morgan fingerprint density at radius 1 is 0.837 bits per heavy atom. The molecule has 1 atom stereocenters. The number of aromatic nitrogens is 2. The molecule has 1 unspecified atom stereocenters. The number of fused-ring (bicyclic) bond motifs is 1. The molecule has 43 heavy (non-hydrogen) atoms. The van der Waals surface area contributed by atoms with Crippen molar-refractivity contribution in [2.24, 2.45) is 5.92 Å². The van der Waals surface area contributed by atoms with E-state index in [-0.39, 0.29) is 18.1 Å². The van der Waals surface area contributed by atoms with Gasteiger partial charge in [0.1, 0.15) is 5.82 Å². The van der Waals surface area contributed by atoms with Gasteiger partial charge in [-0.15, -0.1) is 0 Å². The molecule has 3 N–H and O–H groups in total. The van der Waals surface area contributed by atoms with E-state index < -0.39 is 0 Å². The van der Waals surface area contributed by atoms with E-state index in [9.17, 15) is 4.79 Å². The number of hydrazine groups is 1. The van der Waals surface area contributed by atoms with E-state index in [4.69, 9.17) is 0 Å². The highest BCUT2D eigenvalue weighted by Crippen LogP contribution is 2.47. The Balaban J connectivity index is 1.44. The van der Waals surface area contributed by atoms with Gasteiger partial charge in [0.15, 0.2) is 0 Å². The lowest BCUT2D eigenvalue weighted by atomic mass is 9.80. The zero-order valence-corrected chi connectivity index (χ0v) is 26.2. The summed E-state index contributed by atoms with van der Waals surface area (Å²) >= 11 is 0. The first kappa shape index (κ1) is 29.6. The summed E-state index contributed by atoms with van der Waals surface area (Å²) in [5.41, 5.74) is 6.81. The number of hydrogen-bond acceptors (Lipinski definition) is 4. The summed E-state index contributed by atoms with van der Waals surface area (Å²) < 4.78 is 0. The Kier molecular flexibility index (Phi) is 9.55. The summed E-state index contributed by atoms with van der Waals surface area (Å²) in [4.78, 5) is 22.1. The van der Waals surface area contributed by atoms with Crippen LogP contribution in [0.1, 0.15) is 118 Å². The molecule has 3 aromatic rings. The zero-order valence-electron chi connectivity index (χ0n) is 26.2. The molecule has 6 rings (SSSR count). The number of carbonyl (C=O) groups excluding carboxylic acids is 1. The molecule has 0 bridgehead atoms. The van der Waals surface area contributed by atoms with Gasteiger partial charge in [-0.1, -0.05) is 76.3 Å². The largest absolute Gasteiger partial charge is 0.378 e. The van der Waals surface area contributed by atoms with Gasteiger partial charge in [-0.2, -0.15) is 0 Å². The van der Waals surface area contributed by atoms with Crippen molar-refractivity contribution in [3.63, 3.8) is 0 Å². The number of anilines is 3. The predicted octanol–water partition coefficient (Wildman–Crippen LogP) is 9.42. The SMILES string of the molecule is Cc1ccc2c(c1)NC(=O)N(C1CCCCCCCCC1)N(c1ccc(NCc3ncc[nH]3)cc1C)C2C1CCCCC1. The maximum atomic E-state index is 14.5. The van der Waals surface area contributed by atoms with Crippen LogP contribution < -0.4 is 15.6 Å². The first-order valence-corrected chi connectivity index (χ1v) is 16.9. The minimum absolute atomic E-state index is 0.0200. The third-order valence-electron chi connectivity index (χ3n) is 9.95. The second-order valence-corrected chi connectivity index (χ2v) is 13.1. The number of aryl methyl sites for hydroxylation is 2. The number of amides is 2. The van der Waals surface area contributed by atoms with Crippen molar-refractivity contribution in [3.8, 4) is 0 Å². The number of imidazole rings is 1. The summed E-state index contributed by atoms with van der Waals surface area (Å²) in [6.45, 7) is 4.97. The van der Waals surface area contributed by atoms with Gasteiger partial charge in [0.25, 0.3) is 0 Å². The summed E-state index contributed by atoms with van der Waals surface area (Å²) in [6, 6.07) is 13.7. The Hall–Kier alpha value is -3.48. The van der Waals surface area contributed by atoms with E-state index in [1.807, 2.05) is 6.20 Å². The quantitative estimate of drug-likeness (QED) is 0.271. The Labute approximate surface area is 257 Å². The second kappa shape index (κ2) is 13.9. The van der Waals surface area contributed by atoms with Crippen LogP contribution in [0.5, 0.6) is 0 Å². The highest BCUT2D eigenvalue weighted by atomic mass is 16.2. The number of nitrogens with zero attached hydrogens (tertiary/aromatic N) is 3. The van der Waals surface area contributed by atoms with Crippen molar-refractivity contribution < 1.29 is 4.79 Å². The molecule has 1 aromatic heterocycles. The number of H-pyrrole nitrogens is 1. The zero-order chi connectivity index (χ0) is 29.6. The second-order valence-electron chi connectivity index (χ2n) is 13.1. The molecular weight excluding hydrogens is 532 g/mol. The molecule has 0 saturated heterocycles. The first-order chi connectivity index (χ1) is 21.1. The van der Waals surface area contributed by atoms with Crippen LogP contribution in [0, 0.1) is 19.8 Å². The minimum atomic E-state index is 0.0200. The van der Waals surface area contributed by atoms with E-state index in [0.29, 0.717) is 12.5 Å². The molecule has 1 aliphatic heterocycles. The van der Waals surface area contributed by atoms with Crippen molar-refractivity contribution >= 4 is 23.1 Å². The van der Waals surface area contributed by atoms with Gasteiger partial charge >= 0.3 is 6.03 Å². The van der Waals surface area contributed by atoms with Crippen molar-refractivity contribution in [2.45, 2.75) is 122 Å². The van der Waals surface area contributed by atoms with Gasteiger partial charge in [0.05, 0.1) is 24.3 Å². The van der Waals surface area contributed by atoms with Crippen LogP contribution in [-0.2, 0) is 6.54 Å². The number of benzene rings is 2. The van der Waals surface area contributed by atoms with Gasteiger partial charge in [0, 0.05) is 29.3 Å². The highest BCUT2D eigenvalue weighted by molar-refractivity contribution is 5.93. The Morgan fingerprint density at radius 2 is 1.53 bits per heavy atom. The van der Waals surface area contributed by atoms with E-state index in [2.05, 4.69) is 80.9 Å². The maximum Gasteiger partial charge on any atom is 0.340 e. The lowest BCUT2D eigenvalue weighted by Crippen LogP contribution is -2.55. The molecule has 2 heterocycles. The molecule has 2 aliphatic carbocycles. The average Bonchev–Trinajstić information content (AvgIpc) is 3.50. The van der Waals surface area contributed by atoms with Gasteiger partial charge in [0.2, 0.25) is 0 Å². The molecule has 2 saturated carbocycles. The number of hydrogen-bond donors (Lipinski definition) is 3. The summed E-state index contributed by atoms with van der Waals surface area (Å²) in [7, 11) is 0. The average molecular weight is 583 g/mol. The summed E-state index contributed by atoms with van der Waals surface area (Å²) in [5, 5.41) is 11.6. The number of aromatic amines is 1. The first-order valence-electron chi connectivity index (χ1n) is 16.9. The molecule has 7 heteroatoms. The van der Waals surface area contributed by atoms with Crippen LogP contribution in [0.4, 0.5) is 21.9 Å². The molecule has 230 valence electrons. The number of rotatable bonds is 6. The number of urea groups is 1. The van der Waals surface area contributed by atoms with Crippen molar-refractivity contribution in [2.75, 3.05) is 15.6 Å². The molecule has 2 aromatic carbocycles. The van der Waals surface area contributed by atoms with Gasteiger partial charge in [-0.3, -0.25) is 5.01 Å². The molecule has 2 amide bonds. The fourth-order valence-electron chi connectivity index (χ4n) is 7.72. The van der Waals surface area contributed by atoms with Crippen molar-refractivity contribution in [1.29, 1.82) is 0 Å². The molecular formula is C36H50N6O. The van der Waals surface area contributed by atoms with Crippen LogP contribution in [-0.4, -0.2) is 27.0 Å². The predicted molar refractivity (Wildman–Crippen MR) is 176 cm³/mol. The fraction of sp³-hybridized carbons (Fsp3) is 0.556. The van der Waals surface area contributed by atoms with E-state index in [0.717, 1.165) is 35.7 Å². The van der Waals surface area contributed by atoms with E-state index >= 15 is 0 Å². The summed E-state index contributed by atoms with van der Waals surface area (Å²) in [6.07, 6.45) is 20.8. The highest BCUT2D eigenvalue weighted by Gasteiger charge is 2.42. The van der Waals surface area contributed by atoms with E-state index in [1.165, 1.54) is 93.7 Å². The van der Waals surface area contributed by atoms with Crippen molar-refractivity contribution in [1.82, 2.24) is 15.0 Å². The van der Waals surface area contributed by atoms with Crippen LogP contribution in [0.25, 0.3) is 0 Å². The monoisotopic (exact) mass is 582 g/mol. The third kappa shape index (κ3) is 6.86. The molecule has 2 fully saturated rings. The normalized spacial score (nSPS) is 21.2. The smallest absolute Gasteiger partial charge is 0.340 e. The lowest BCUT2D eigenvalue weighted by molar-refractivity contribution is 0.139. The van der Waals surface area contributed by atoms with Gasteiger partial charge in [-0.05, 0) is 80.8 Å². The Morgan fingerprint density at radius 3 is 2.23 bits per heavy atom. The molecule has 7 nitrogen and oxygen atoms in total. The van der Waals surface area contributed by atoms with Crippen molar-refractivity contribution in [3.05, 3.63) is 71.3 Å². The van der Waals surface area contributed by atoms with Crippen LogP contribution in [0.15, 0.2) is 48.8 Å². The van der Waals surface area contributed by atoms with Crippen LogP contribution >= 0.6 is 0 Å². The third-order valence-corrected chi connectivity index (χ3v) is 9.95. The summed E-state index contributed by atoms with van der Waals surface area (Å²) in [5.74, 6) is 1.40. The number of carbonyl (C=O) groups is 1. The topological polar surface area (TPSA) is 76.3 Å². The standard InChI is InChI=1S/C36H50N6O/c1-26-17-19-31-32(23-26)40-36(43)41(30-15-11-6-4-3-5-7-12-16-30)42(35(31)28-13-9-8-10-14-28)33-20-18-29(24-27(33)2)39-25-34-37-21-22-38-34/h17-24,28,30,35,39H,3-16,25H2,1-2H3,(H,37,38)(H,40,43). The van der Waals surface area contributed by atoms with Gasteiger partial charge in [-0.25, -0.2) is 14.8 Å². The van der Waals surface area contributed by atoms with E-state index in [1.54, 1.807) is 6.20 Å². The molecule has 0 spiro atoms. The van der Waals surface area contributed by atoms with Gasteiger partial charge < -0.3 is 15.6 Å². The fourth-order valence-corrected chi connectivity index (χ4v) is 7.72. The van der Waals surface area contributed by atoms with Crippen LogP contribution in [0.3, 0.4) is 0 Å². The molecule has 3 aliphatic rings.